The summed E-state index contributed by atoms with van der Waals surface area (Å²) < 4.78 is 20.7. The van der Waals surface area contributed by atoms with E-state index in [1.165, 1.54) is 13.8 Å². The second-order valence-electron chi connectivity index (χ2n) is 20.8. The number of hydrogen-bond acceptors (Lipinski definition) is 7. The van der Waals surface area contributed by atoms with Gasteiger partial charge in [0.2, 0.25) is 0 Å². The summed E-state index contributed by atoms with van der Waals surface area (Å²) in [5, 5.41) is 8.81. The zero-order chi connectivity index (χ0) is 88.0. The van der Waals surface area contributed by atoms with Gasteiger partial charge in [-0.3, -0.25) is 14.4 Å². The largest absolute Gasteiger partial charge is 0.497 e. The summed E-state index contributed by atoms with van der Waals surface area (Å²) in [6, 6.07) is 14.8. The van der Waals surface area contributed by atoms with Crippen LogP contribution in [0.5, 0.6) is 11.5 Å². The van der Waals surface area contributed by atoms with Gasteiger partial charge in [-0.1, -0.05) is 70.8 Å². The monoisotopic (exact) mass is 1540 g/mol. The Labute approximate surface area is 704 Å². The van der Waals surface area contributed by atoms with Crippen molar-refractivity contribution in [2.75, 3.05) is 14.2 Å². The summed E-state index contributed by atoms with van der Waals surface area (Å²) >= 11 is 0. The lowest BCUT2D eigenvalue weighted by atomic mass is 9.73. The number of esters is 2. The van der Waals surface area contributed by atoms with Crippen LogP contribution in [0.1, 0.15) is 66.5 Å². The van der Waals surface area contributed by atoms with Crippen LogP contribution >= 0.6 is 0 Å². The fourth-order valence-electron chi connectivity index (χ4n) is 6.58. The molecule has 0 aromatic heterocycles. The number of carboxylic acids is 1. The van der Waals surface area contributed by atoms with Crippen LogP contribution < -0.4 is 9.47 Å². The third kappa shape index (κ3) is 59.0. The molecule has 0 unspecified atom stereocenters. The van der Waals surface area contributed by atoms with Crippen molar-refractivity contribution in [3.05, 3.63) is 549 Å². The lowest BCUT2D eigenvalue weighted by Gasteiger charge is -2.39. The normalized spacial score (nSPS) is 7.38. The number of benzene rings is 2. The van der Waals surface area contributed by atoms with Crippen molar-refractivity contribution < 1.29 is 38.4 Å². The molecule has 0 spiro atoms. The van der Waals surface area contributed by atoms with Crippen molar-refractivity contribution in [3.8, 4) is 11.5 Å². The number of hydrogen-bond donors (Lipinski definition) is 1. The van der Waals surface area contributed by atoms with Crippen LogP contribution in [-0.4, -0.2) is 43.0 Å². The minimum absolute atomic E-state index is 0. The SMILES string of the molecule is C.C=C=C=C=C=C=C=C=C=C=C=C=C=C=C=C=C=C=C=C=C=C=C=C=C=C=C=C=C=C=C=C=C=C=C=C=C=C=C=C=C=C=C=C=C=C=C=C=C=C=C=C=C=C=C=C=C=C=C=C=C=C=C=C=C=C=C=C=C=C=C=C=C=C=C=C=C=C=C=C=C=C=C=C=C.COc1cccc(C(C)(C)C2C(=O)OC(C)(C)OC2=O)c1.COc1cccc(C(C)(C)CC(=O)O)c1. The lowest BCUT2D eigenvalue weighted by Crippen LogP contribution is -2.52. The van der Waals surface area contributed by atoms with E-state index in [9.17, 15) is 14.4 Å². The fraction of sp³-hybridized carbons (Fsp3) is 0.123. The van der Waals surface area contributed by atoms with Crippen molar-refractivity contribution >= 4 is 17.9 Å². The Kier molecular flexibility index (Phi) is 57.8. The first-order valence-corrected chi connectivity index (χ1v) is 32.8. The van der Waals surface area contributed by atoms with Crippen molar-refractivity contribution in [2.45, 2.75) is 72.0 Å². The second kappa shape index (κ2) is 70.6. The van der Waals surface area contributed by atoms with E-state index in [1.54, 1.807) is 26.4 Å². The average Bonchev–Trinajstić information content (AvgIpc) is 0.767. The molecule has 1 fully saturated rings. The Morgan fingerprint density at radius 2 is 0.467 bits per heavy atom. The van der Waals surface area contributed by atoms with E-state index in [-0.39, 0.29) is 19.3 Å². The van der Waals surface area contributed by atoms with Crippen LogP contribution in [0.15, 0.2) is 537 Å². The molecule has 0 aliphatic carbocycles. The van der Waals surface area contributed by atoms with Gasteiger partial charge in [-0.2, -0.15) is 0 Å². The van der Waals surface area contributed by atoms with E-state index < -0.39 is 35.0 Å². The van der Waals surface area contributed by atoms with E-state index in [0.29, 0.717) is 5.75 Å². The molecule has 2 aromatic rings. The molecule has 8 nitrogen and oxygen atoms in total. The Bertz CT molecular complexity index is 7930. The molecule has 0 radical (unpaired) electrons. The molecule has 548 valence electrons. The Morgan fingerprint density at radius 1 is 0.311 bits per heavy atom. The number of carboxylic acid groups (broad SMARTS) is 1. The van der Waals surface area contributed by atoms with Gasteiger partial charge >= 0.3 is 17.9 Å². The molecule has 0 atom stereocenters. The van der Waals surface area contributed by atoms with Crippen LogP contribution in [0, 0.1) is 5.92 Å². The third-order valence-electron chi connectivity index (χ3n) is 11.3. The number of cyclic esters (lactones) is 2. The second-order valence-corrected chi connectivity index (χ2v) is 20.8. The maximum absolute atomic E-state index is 12.2. The van der Waals surface area contributed by atoms with Crippen LogP contribution in [-0.2, 0) is 34.7 Å². The van der Waals surface area contributed by atoms with Gasteiger partial charge in [0.15, 0.2) is 5.92 Å². The van der Waals surface area contributed by atoms with Gasteiger partial charge in [0.05, 0.1) is 20.6 Å². The molecule has 0 bridgehead atoms. The molecule has 1 aliphatic rings. The predicted octanol–water partition coefficient (Wildman–Crippen LogP) is 19.2. The Balaban J connectivity index is 0.00000318. The number of rotatable bonds is 7. The number of carbonyl (C=O) groups is 3. The smallest absolute Gasteiger partial charge is 0.324 e. The van der Waals surface area contributed by atoms with Gasteiger partial charge in [0.1, 0.15) is 11.5 Å². The van der Waals surface area contributed by atoms with E-state index in [1.807, 2.05) is 64.1 Å². The highest BCUT2D eigenvalue weighted by atomic mass is 16.7. The number of carbonyl (C=O) groups excluding carboxylic acids is 2. The van der Waals surface area contributed by atoms with Crippen LogP contribution in [0.4, 0.5) is 0 Å². The van der Waals surface area contributed by atoms with Gasteiger partial charge in [-0.05, 0) is 140 Å². The van der Waals surface area contributed by atoms with Gasteiger partial charge < -0.3 is 24.1 Å². The molecule has 1 heterocycles. The number of ether oxygens (including phenoxy) is 4. The third-order valence-corrected chi connectivity index (χ3v) is 11.3. The van der Waals surface area contributed by atoms with Gasteiger partial charge in [-0.25, -0.2) is 0 Å². The molecule has 2 aromatic carbocycles. The Hall–Kier alpha value is -22.1. The molecular weight excluding hydrogens is 1500 g/mol. The van der Waals surface area contributed by atoms with Crippen LogP contribution in [0.3, 0.4) is 0 Å². The van der Waals surface area contributed by atoms with E-state index in [0.717, 1.165) is 16.9 Å². The van der Waals surface area contributed by atoms with Crippen molar-refractivity contribution in [1.29, 1.82) is 0 Å². The number of methoxy groups -OCH3 is 2. The minimum atomic E-state index is -1.21. The standard InChI is InChI=1S/C85H4.C16H20O5.C12H16O3.CH4/c1-3-5-7-9-11-13-15-17-19-21-23-25-27-29-31-33-35-37-39-41-43-45-47-49-51-53-55-57-59-61-63-65-67-69-71-73-75-77-79-81-83-85-84-82-80-78-76-74-72-70-68-66-64-62-60-58-56-54-52-50-48-46-44-42-40-38-36-34-32-30-28-26-24-22-20-18-16-14-12-10-8-6-4-2;1-15(2,10-7-6-8-11(9-10)19-5)12-13(17)20-16(3,4)21-14(12)18;1-12(2,8-11(13)14)9-5-4-6-10(7-9)15-3;/h1-2H2;6-9,12H,1-5H3;4-7H,8H2,1-3H3,(H,13,14);1H4. The molecule has 1 saturated heterocycles. The molecule has 1 aliphatic heterocycles. The van der Waals surface area contributed by atoms with Gasteiger partial charge in [0, 0.05) is 397 Å². The fourth-order valence-corrected chi connectivity index (χ4v) is 6.58. The van der Waals surface area contributed by atoms with Crippen molar-refractivity contribution in [1.82, 2.24) is 0 Å². The summed E-state index contributed by atoms with van der Waals surface area (Å²) in [6.45, 7) is 17.2. The molecule has 8 heteroatoms. The highest BCUT2D eigenvalue weighted by molar-refractivity contribution is 5.98. The molecule has 0 amide bonds. The zero-order valence-electron chi connectivity index (χ0n) is 65.1. The lowest BCUT2D eigenvalue weighted by molar-refractivity contribution is -0.243. The zero-order valence-corrected chi connectivity index (χ0v) is 65.1. The van der Waals surface area contributed by atoms with Crippen LogP contribution in [0.25, 0.3) is 0 Å². The van der Waals surface area contributed by atoms with Crippen molar-refractivity contribution in [3.63, 3.8) is 0 Å². The van der Waals surface area contributed by atoms with Gasteiger partial charge in [-0.15, -0.1) is 0 Å². The van der Waals surface area contributed by atoms with Gasteiger partial charge in [0.25, 0.3) is 5.79 Å². The molecule has 3 rings (SSSR count). The first-order valence-electron chi connectivity index (χ1n) is 32.8. The maximum atomic E-state index is 12.2. The van der Waals surface area contributed by atoms with Crippen LogP contribution in [0.2, 0.25) is 0 Å². The predicted molar refractivity (Wildman–Crippen MR) is 444 cm³/mol. The molecule has 122 heavy (non-hydrogen) atoms. The first-order chi connectivity index (χ1) is 59.0. The summed E-state index contributed by atoms with van der Waals surface area (Å²) in [6.07, 6.45) is 0.111. The molecule has 0 saturated carbocycles. The van der Waals surface area contributed by atoms with Crippen molar-refractivity contribution in [2.24, 2.45) is 5.92 Å². The average molecular weight is 1540 g/mol. The van der Waals surface area contributed by atoms with E-state index >= 15 is 0 Å². The Morgan fingerprint density at radius 3 is 0.623 bits per heavy atom. The number of aliphatic carboxylic acids is 1. The summed E-state index contributed by atoms with van der Waals surface area (Å²) in [7, 11) is 3.17. The molecular formula is C114H44O8. The topological polar surface area (TPSA) is 108 Å². The summed E-state index contributed by atoms with van der Waals surface area (Å²) in [4.78, 5) is 35.2. The summed E-state index contributed by atoms with van der Waals surface area (Å²) in [5.41, 5.74) is 208. The first kappa shape index (κ1) is 99.9. The highest BCUT2D eigenvalue weighted by Crippen LogP contribution is 2.39. The van der Waals surface area contributed by atoms with E-state index in [4.69, 9.17) is 24.1 Å². The molecule has 1 N–H and O–H groups in total. The van der Waals surface area contributed by atoms with E-state index in [2.05, 4.69) is 489 Å². The maximum Gasteiger partial charge on any atom is 0.324 e. The summed E-state index contributed by atoms with van der Waals surface area (Å²) in [5.74, 6) is -2.72. The quantitative estimate of drug-likeness (QED) is 0.166. The highest BCUT2D eigenvalue weighted by Gasteiger charge is 2.51. The minimum Gasteiger partial charge on any atom is -0.497 e.